The Bertz CT molecular complexity index is 192. The highest BCUT2D eigenvalue weighted by Crippen LogP contribution is 2.26. The lowest BCUT2D eigenvalue weighted by Crippen LogP contribution is -2.35. The summed E-state index contributed by atoms with van der Waals surface area (Å²) in [6, 6.07) is 0. The van der Waals surface area contributed by atoms with E-state index in [0.717, 1.165) is 6.61 Å². The quantitative estimate of drug-likeness (QED) is 0.626. The van der Waals surface area contributed by atoms with Crippen molar-refractivity contribution in [3.63, 3.8) is 0 Å². The molecule has 6 heteroatoms. The zero-order chi connectivity index (χ0) is 13.5. The molecule has 0 aromatic carbocycles. The van der Waals surface area contributed by atoms with E-state index in [4.69, 9.17) is 18.4 Å². The topological polar surface area (TPSA) is 36.9 Å². The lowest BCUT2D eigenvalue weighted by Gasteiger charge is -2.31. The van der Waals surface area contributed by atoms with Crippen molar-refractivity contribution in [2.75, 3.05) is 27.4 Å². The fraction of sp³-hybridized carbons (Fsp3) is 1.00. The third kappa shape index (κ3) is 7.94. The summed E-state index contributed by atoms with van der Waals surface area (Å²) in [5, 5.41) is 0. The van der Waals surface area contributed by atoms with Gasteiger partial charge in [0.15, 0.2) is 9.04 Å². The molecule has 0 rings (SSSR count). The molecule has 0 aliphatic rings. The Morgan fingerprint density at radius 1 is 1.06 bits per heavy atom. The van der Waals surface area contributed by atoms with Gasteiger partial charge in [-0.3, -0.25) is 0 Å². The first kappa shape index (κ1) is 17.1. The summed E-state index contributed by atoms with van der Waals surface area (Å²) in [4.78, 5) is 0. The summed E-state index contributed by atoms with van der Waals surface area (Å²) < 4.78 is 21.4. The molecule has 0 radical (unpaired) electrons. The Morgan fingerprint density at radius 2 is 1.59 bits per heavy atom. The molecule has 0 aromatic heterocycles. The fourth-order valence-corrected chi connectivity index (χ4v) is 1.90. The summed E-state index contributed by atoms with van der Waals surface area (Å²) in [6.45, 7) is 12.3. The van der Waals surface area contributed by atoms with Gasteiger partial charge in [0.25, 0.3) is 0 Å². The summed E-state index contributed by atoms with van der Waals surface area (Å²) in [5.41, 5.74) is 0.148. The lowest BCUT2D eigenvalue weighted by molar-refractivity contribution is 0.0545. The molecule has 4 nitrogen and oxygen atoms in total. The SMILES string of the molecule is COB(OC)OCC(CO[SiH](C)C)C(C)(C)C. The Kier molecular flexibility index (Phi) is 8.32. The van der Waals surface area contributed by atoms with E-state index in [9.17, 15) is 0 Å². The van der Waals surface area contributed by atoms with Gasteiger partial charge in [0.05, 0.1) is 0 Å². The Hall–Kier alpha value is 0.122. The second-order valence-corrected chi connectivity index (χ2v) is 7.97. The second kappa shape index (κ2) is 8.26. The molecule has 0 bridgehead atoms. The highest BCUT2D eigenvalue weighted by Gasteiger charge is 2.28. The first-order valence-electron chi connectivity index (χ1n) is 6.10. The Balaban J connectivity index is 4.20. The van der Waals surface area contributed by atoms with Gasteiger partial charge in [-0.15, -0.1) is 0 Å². The average Bonchev–Trinajstić information content (AvgIpc) is 2.21. The highest BCUT2D eigenvalue weighted by molar-refractivity contribution is 6.48. The zero-order valence-electron chi connectivity index (χ0n) is 12.3. The van der Waals surface area contributed by atoms with Crippen LogP contribution in [-0.4, -0.2) is 43.8 Å². The number of rotatable bonds is 8. The van der Waals surface area contributed by atoms with E-state index in [1.807, 2.05) is 0 Å². The van der Waals surface area contributed by atoms with E-state index in [1.165, 1.54) is 0 Å². The minimum Gasteiger partial charge on any atom is -0.420 e. The molecule has 17 heavy (non-hydrogen) atoms. The average molecular weight is 262 g/mol. The van der Waals surface area contributed by atoms with Crippen LogP contribution in [0.1, 0.15) is 20.8 Å². The lowest BCUT2D eigenvalue weighted by atomic mass is 9.81. The molecule has 0 aliphatic carbocycles. The van der Waals surface area contributed by atoms with E-state index in [-0.39, 0.29) is 5.41 Å². The zero-order valence-corrected chi connectivity index (χ0v) is 13.4. The van der Waals surface area contributed by atoms with Crippen LogP contribution in [0, 0.1) is 11.3 Å². The van der Waals surface area contributed by atoms with Crippen LogP contribution in [0.25, 0.3) is 0 Å². The molecule has 0 saturated carbocycles. The van der Waals surface area contributed by atoms with Gasteiger partial charge in [0.2, 0.25) is 0 Å². The third-order valence-electron chi connectivity index (χ3n) is 2.67. The predicted octanol–water partition coefficient (Wildman–Crippen LogP) is 1.94. The maximum absolute atomic E-state index is 5.81. The van der Waals surface area contributed by atoms with Crippen LogP contribution in [0.15, 0.2) is 0 Å². The third-order valence-corrected chi connectivity index (χ3v) is 3.53. The van der Waals surface area contributed by atoms with Crippen molar-refractivity contribution in [2.24, 2.45) is 11.3 Å². The summed E-state index contributed by atoms with van der Waals surface area (Å²) in [7, 11) is 1.57. The highest BCUT2D eigenvalue weighted by atomic mass is 28.3. The van der Waals surface area contributed by atoms with Crippen LogP contribution in [0.3, 0.4) is 0 Å². The Labute approximate surface area is 108 Å². The van der Waals surface area contributed by atoms with Crippen LogP contribution in [0.4, 0.5) is 0 Å². The van der Waals surface area contributed by atoms with Gasteiger partial charge in [-0.05, 0) is 18.5 Å². The maximum atomic E-state index is 5.81. The van der Waals surface area contributed by atoms with Crippen LogP contribution < -0.4 is 0 Å². The van der Waals surface area contributed by atoms with Gasteiger partial charge in [0.1, 0.15) is 0 Å². The van der Waals surface area contributed by atoms with Gasteiger partial charge in [-0.25, -0.2) is 0 Å². The van der Waals surface area contributed by atoms with Crippen molar-refractivity contribution < 1.29 is 18.4 Å². The normalized spacial score (nSPS) is 14.1. The van der Waals surface area contributed by atoms with Crippen LogP contribution in [-0.2, 0) is 18.4 Å². The van der Waals surface area contributed by atoms with Gasteiger partial charge in [-0.1, -0.05) is 20.8 Å². The molecular formula is C11H27BO4Si. The molecule has 0 aliphatic heterocycles. The van der Waals surface area contributed by atoms with Crippen LogP contribution in [0.5, 0.6) is 0 Å². The van der Waals surface area contributed by atoms with Gasteiger partial charge in [0, 0.05) is 33.4 Å². The molecule has 0 heterocycles. The monoisotopic (exact) mass is 262 g/mol. The Morgan fingerprint density at radius 3 is 1.94 bits per heavy atom. The summed E-state index contributed by atoms with van der Waals surface area (Å²) in [6.07, 6.45) is 0. The van der Waals surface area contributed by atoms with E-state index in [1.54, 1.807) is 14.2 Å². The largest absolute Gasteiger partial charge is 0.639 e. The molecule has 0 N–H and O–H groups in total. The van der Waals surface area contributed by atoms with Crippen LogP contribution >= 0.6 is 0 Å². The van der Waals surface area contributed by atoms with E-state index < -0.39 is 16.4 Å². The molecule has 1 unspecified atom stereocenters. The van der Waals surface area contributed by atoms with E-state index in [2.05, 4.69) is 33.9 Å². The molecule has 0 amide bonds. The van der Waals surface area contributed by atoms with E-state index in [0.29, 0.717) is 12.5 Å². The smallest absolute Gasteiger partial charge is 0.420 e. The van der Waals surface area contributed by atoms with Gasteiger partial charge >= 0.3 is 7.32 Å². The van der Waals surface area contributed by atoms with Crippen molar-refractivity contribution in [1.82, 2.24) is 0 Å². The molecule has 0 fully saturated rings. The second-order valence-electron chi connectivity index (χ2n) is 5.54. The van der Waals surface area contributed by atoms with Crippen molar-refractivity contribution >= 4 is 16.4 Å². The van der Waals surface area contributed by atoms with Gasteiger partial charge < -0.3 is 18.4 Å². The van der Waals surface area contributed by atoms with Crippen molar-refractivity contribution in [1.29, 1.82) is 0 Å². The van der Waals surface area contributed by atoms with Crippen molar-refractivity contribution in [3.8, 4) is 0 Å². The maximum Gasteiger partial charge on any atom is 0.639 e. The van der Waals surface area contributed by atoms with Crippen molar-refractivity contribution in [3.05, 3.63) is 0 Å². The molecule has 0 aromatic rings. The predicted molar refractivity (Wildman–Crippen MR) is 73.5 cm³/mol. The first-order chi connectivity index (χ1) is 7.81. The van der Waals surface area contributed by atoms with Crippen molar-refractivity contribution in [2.45, 2.75) is 33.9 Å². The van der Waals surface area contributed by atoms with Crippen LogP contribution in [0.2, 0.25) is 13.1 Å². The number of hydrogen-bond donors (Lipinski definition) is 0. The standard InChI is InChI=1S/C11H27BO4Si/c1-11(2,3)10(9-16-17(6)7)8-15-12(13-4)14-5/h10,17H,8-9H2,1-7H3. The molecule has 1 atom stereocenters. The van der Waals surface area contributed by atoms with E-state index >= 15 is 0 Å². The molecular weight excluding hydrogens is 235 g/mol. The minimum atomic E-state index is -0.981. The minimum absolute atomic E-state index is 0.148. The molecule has 0 saturated heterocycles. The molecule has 0 spiro atoms. The van der Waals surface area contributed by atoms with Gasteiger partial charge in [-0.2, -0.15) is 0 Å². The summed E-state index contributed by atoms with van der Waals surface area (Å²) in [5.74, 6) is 0.338. The summed E-state index contributed by atoms with van der Waals surface area (Å²) >= 11 is 0. The fourth-order valence-electron chi connectivity index (χ4n) is 1.28. The first-order valence-corrected chi connectivity index (χ1v) is 8.88. The number of hydrogen-bond acceptors (Lipinski definition) is 4. The molecule has 102 valence electrons.